The maximum atomic E-state index is 13.8. The number of rotatable bonds is 5. The van der Waals surface area contributed by atoms with Gasteiger partial charge in [0.1, 0.15) is 17.0 Å². The second-order valence-electron chi connectivity index (χ2n) is 10.7. The molecule has 210 valence electrons. The number of pyridine rings is 1. The van der Waals surface area contributed by atoms with Crippen LogP contribution in [0.3, 0.4) is 0 Å². The third-order valence-corrected chi connectivity index (χ3v) is 6.89. The molecule has 0 aliphatic carbocycles. The van der Waals surface area contributed by atoms with Crippen LogP contribution in [-0.2, 0) is 4.74 Å². The second kappa shape index (κ2) is 11.1. The van der Waals surface area contributed by atoms with Crippen LogP contribution in [0.2, 0.25) is 0 Å². The van der Waals surface area contributed by atoms with Gasteiger partial charge in [0, 0.05) is 30.5 Å². The molecular formula is C29H35N7O4. The summed E-state index contributed by atoms with van der Waals surface area (Å²) < 4.78 is 12.0. The highest BCUT2D eigenvalue weighted by Crippen LogP contribution is 2.36. The number of urea groups is 1. The summed E-state index contributed by atoms with van der Waals surface area (Å²) in [5, 5.41) is 5.54. The van der Waals surface area contributed by atoms with Gasteiger partial charge >= 0.3 is 6.03 Å². The summed E-state index contributed by atoms with van der Waals surface area (Å²) >= 11 is 0. The van der Waals surface area contributed by atoms with E-state index in [1.807, 2.05) is 45.9 Å². The normalized spacial score (nSPS) is 18.4. The summed E-state index contributed by atoms with van der Waals surface area (Å²) in [7, 11) is 0. The molecule has 0 radical (unpaired) electrons. The molecule has 0 spiro atoms. The van der Waals surface area contributed by atoms with E-state index in [-0.39, 0.29) is 17.8 Å². The van der Waals surface area contributed by atoms with Gasteiger partial charge in [-0.3, -0.25) is 10.1 Å². The summed E-state index contributed by atoms with van der Waals surface area (Å²) in [4.78, 5) is 44.0. The summed E-state index contributed by atoms with van der Waals surface area (Å²) in [6, 6.07) is 10.5. The average molecular weight is 546 g/mol. The number of likely N-dealkylation sites (N-methyl/N-ethyl adjacent to an activating group) is 1. The maximum absolute atomic E-state index is 13.8. The first-order chi connectivity index (χ1) is 19.1. The lowest BCUT2D eigenvalue weighted by atomic mass is 10.0. The molecule has 11 heteroatoms. The molecule has 1 aromatic carbocycles. The van der Waals surface area contributed by atoms with Gasteiger partial charge in [-0.25, -0.2) is 14.8 Å². The molecule has 2 aliphatic rings. The molecule has 3 aromatic rings. The van der Waals surface area contributed by atoms with Crippen molar-refractivity contribution in [1.29, 1.82) is 0 Å². The molecule has 0 saturated carbocycles. The number of carbonyl (C=O) groups is 2. The van der Waals surface area contributed by atoms with Crippen molar-refractivity contribution in [2.75, 3.05) is 48.4 Å². The SMILES string of the molecule is CCN1CC(C)(C)Oc2nc(N3CCOCC3C)nc(-c3ccc(NC(=O)Nc4ccc(C)cn4)cc3)c2C1=O. The van der Waals surface area contributed by atoms with Crippen LogP contribution in [0.15, 0.2) is 42.6 Å². The van der Waals surface area contributed by atoms with E-state index in [0.29, 0.717) is 67.1 Å². The largest absolute Gasteiger partial charge is 0.469 e. The molecule has 2 N–H and O–H groups in total. The van der Waals surface area contributed by atoms with Crippen molar-refractivity contribution in [2.45, 2.75) is 46.3 Å². The predicted octanol–water partition coefficient (Wildman–Crippen LogP) is 4.35. The van der Waals surface area contributed by atoms with Crippen LogP contribution in [0.4, 0.5) is 22.2 Å². The molecule has 5 rings (SSSR count). The standard InChI is InChI=1S/C29H35N7O4/c1-6-35-17-29(4,5)40-25-23(26(35)37)24(33-27(34-25)36-13-14-39-16-19(36)3)20-8-10-21(11-9-20)31-28(38)32-22-12-7-18(2)15-30-22/h7-12,15,19H,6,13-14,16-17H2,1-5H3,(H2,30,31,32,38). The van der Waals surface area contributed by atoms with Crippen LogP contribution < -0.4 is 20.3 Å². The van der Waals surface area contributed by atoms with E-state index >= 15 is 0 Å². The predicted molar refractivity (Wildman–Crippen MR) is 153 cm³/mol. The van der Waals surface area contributed by atoms with Crippen LogP contribution in [0.5, 0.6) is 5.88 Å². The van der Waals surface area contributed by atoms with Crippen molar-refractivity contribution >= 4 is 29.4 Å². The number of hydrogen-bond donors (Lipinski definition) is 2. The van der Waals surface area contributed by atoms with Crippen molar-refractivity contribution in [1.82, 2.24) is 19.9 Å². The molecule has 0 bridgehead atoms. The van der Waals surface area contributed by atoms with Crippen molar-refractivity contribution in [3.05, 3.63) is 53.7 Å². The van der Waals surface area contributed by atoms with Gasteiger partial charge in [0.25, 0.3) is 5.91 Å². The van der Waals surface area contributed by atoms with Crippen molar-refractivity contribution in [2.24, 2.45) is 0 Å². The number of anilines is 3. The van der Waals surface area contributed by atoms with Gasteiger partial charge in [0.2, 0.25) is 11.8 Å². The number of ether oxygens (including phenoxy) is 2. The third kappa shape index (κ3) is 5.84. The summed E-state index contributed by atoms with van der Waals surface area (Å²) in [5.74, 6) is 1.05. The Bertz CT molecular complexity index is 1390. The van der Waals surface area contributed by atoms with Gasteiger partial charge in [0.15, 0.2) is 0 Å². The fourth-order valence-corrected chi connectivity index (χ4v) is 4.83. The number of nitrogens with one attached hydrogen (secondary N) is 2. The Labute approximate surface area is 233 Å². The molecule has 3 amide bonds. The van der Waals surface area contributed by atoms with E-state index in [2.05, 4.69) is 27.4 Å². The summed E-state index contributed by atoms with van der Waals surface area (Å²) in [6.45, 7) is 12.5. The van der Waals surface area contributed by atoms with Gasteiger partial charge in [-0.15, -0.1) is 0 Å². The molecular weight excluding hydrogens is 510 g/mol. The molecule has 2 aliphatic heterocycles. The number of aromatic nitrogens is 3. The fraction of sp³-hybridized carbons (Fsp3) is 0.414. The summed E-state index contributed by atoms with van der Waals surface area (Å²) in [6.07, 6.45) is 1.69. The van der Waals surface area contributed by atoms with Gasteiger partial charge in [-0.2, -0.15) is 4.98 Å². The maximum Gasteiger partial charge on any atom is 0.324 e. The Morgan fingerprint density at radius 2 is 1.90 bits per heavy atom. The molecule has 2 aromatic heterocycles. The Hall–Kier alpha value is -4.25. The van der Waals surface area contributed by atoms with Crippen LogP contribution >= 0.6 is 0 Å². The molecule has 40 heavy (non-hydrogen) atoms. The number of aryl methyl sites for hydroxylation is 1. The Balaban J connectivity index is 1.49. The van der Waals surface area contributed by atoms with E-state index in [4.69, 9.17) is 19.4 Å². The first-order valence-corrected chi connectivity index (χ1v) is 13.5. The number of morpholine rings is 1. The molecule has 11 nitrogen and oxygen atoms in total. The lowest BCUT2D eigenvalue weighted by Crippen LogP contribution is -2.44. The lowest BCUT2D eigenvalue weighted by molar-refractivity contribution is 0.0541. The minimum Gasteiger partial charge on any atom is -0.469 e. The van der Waals surface area contributed by atoms with Crippen molar-refractivity contribution in [3.63, 3.8) is 0 Å². The number of amides is 3. The highest BCUT2D eigenvalue weighted by molar-refractivity contribution is 6.03. The number of benzene rings is 1. The Kier molecular flexibility index (Phi) is 7.57. The van der Waals surface area contributed by atoms with Gasteiger partial charge in [-0.1, -0.05) is 18.2 Å². The van der Waals surface area contributed by atoms with E-state index in [0.717, 1.165) is 5.56 Å². The molecule has 1 unspecified atom stereocenters. The first kappa shape index (κ1) is 27.3. The summed E-state index contributed by atoms with van der Waals surface area (Å²) in [5.41, 5.74) is 2.48. The Morgan fingerprint density at radius 1 is 1.12 bits per heavy atom. The van der Waals surface area contributed by atoms with Crippen molar-refractivity contribution in [3.8, 4) is 17.1 Å². The number of hydrogen-bond acceptors (Lipinski definition) is 8. The second-order valence-corrected chi connectivity index (χ2v) is 10.7. The number of fused-ring (bicyclic) bond motifs is 1. The average Bonchev–Trinajstić information content (AvgIpc) is 3.02. The fourth-order valence-electron chi connectivity index (χ4n) is 4.83. The lowest BCUT2D eigenvalue weighted by Gasteiger charge is -2.34. The zero-order chi connectivity index (χ0) is 28.4. The van der Waals surface area contributed by atoms with Gasteiger partial charge in [0.05, 0.1) is 31.5 Å². The van der Waals surface area contributed by atoms with E-state index in [1.165, 1.54) is 0 Å². The van der Waals surface area contributed by atoms with E-state index in [9.17, 15) is 9.59 Å². The zero-order valence-corrected chi connectivity index (χ0v) is 23.5. The quantitative estimate of drug-likeness (QED) is 0.485. The smallest absolute Gasteiger partial charge is 0.324 e. The van der Waals surface area contributed by atoms with Gasteiger partial charge < -0.3 is 24.6 Å². The first-order valence-electron chi connectivity index (χ1n) is 13.5. The zero-order valence-electron chi connectivity index (χ0n) is 23.5. The van der Waals surface area contributed by atoms with Crippen LogP contribution in [0.1, 0.15) is 43.6 Å². The highest BCUT2D eigenvalue weighted by atomic mass is 16.5. The van der Waals surface area contributed by atoms with Crippen molar-refractivity contribution < 1.29 is 19.1 Å². The Morgan fingerprint density at radius 3 is 2.58 bits per heavy atom. The topological polar surface area (TPSA) is 122 Å². The molecule has 1 saturated heterocycles. The monoisotopic (exact) mass is 545 g/mol. The van der Waals surface area contributed by atoms with Gasteiger partial charge in [-0.05, 0) is 58.4 Å². The van der Waals surface area contributed by atoms with Crippen LogP contribution in [0, 0.1) is 6.92 Å². The molecule has 4 heterocycles. The van der Waals surface area contributed by atoms with E-state index < -0.39 is 11.6 Å². The minimum atomic E-state index is -0.635. The van der Waals surface area contributed by atoms with Crippen LogP contribution in [-0.4, -0.2) is 76.3 Å². The third-order valence-electron chi connectivity index (χ3n) is 6.89. The van der Waals surface area contributed by atoms with E-state index in [1.54, 1.807) is 29.3 Å². The number of carbonyl (C=O) groups excluding carboxylic acids is 2. The molecule has 1 fully saturated rings. The van der Waals surface area contributed by atoms with Crippen LogP contribution in [0.25, 0.3) is 11.3 Å². The highest BCUT2D eigenvalue weighted by Gasteiger charge is 2.38. The minimum absolute atomic E-state index is 0.0642. The molecule has 1 atom stereocenters. The number of nitrogens with zero attached hydrogens (tertiary/aromatic N) is 5.